The third kappa shape index (κ3) is 13.9. The van der Waals surface area contributed by atoms with E-state index in [4.69, 9.17) is 30.5 Å². The predicted molar refractivity (Wildman–Crippen MR) is 202 cm³/mol. The number of ether oxygens (including phenoxy) is 4. The lowest BCUT2D eigenvalue weighted by Gasteiger charge is -2.26. The van der Waals surface area contributed by atoms with E-state index in [-0.39, 0.29) is 30.8 Å². The van der Waals surface area contributed by atoms with Gasteiger partial charge in [-0.1, -0.05) is 37.6 Å². The first kappa shape index (κ1) is 43.1. The van der Waals surface area contributed by atoms with Gasteiger partial charge in [0.25, 0.3) is 5.91 Å². The zero-order valence-electron chi connectivity index (χ0n) is 31.7. The lowest BCUT2D eigenvalue weighted by Crippen LogP contribution is -2.57. The molecular weight excluding hydrogens is 706 g/mol. The molecule has 5 N–H and O–H groups in total. The largest absolute Gasteiger partial charge is 0.493 e. The van der Waals surface area contributed by atoms with Crippen LogP contribution in [0.25, 0.3) is 0 Å². The summed E-state index contributed by atoms with van der Waals surface area (Å²) >= 11 is 6.71. The molecule has 2 aliphatic heterocycles. The van der Waals surface area contributed by atoms with Crippen LogP contribution < -0.4 is 40.2 Å². The van der Waals surface area contributed by atoms with E-state index in [0.717, 1.165) is 11.1 Å². The summed E-state index contributed by atoms with van der Waals surface area (Å²) < 4.78 is 22.1. The number of methoxy groups -OCH3 is 3. The molecule has 0 spiro atoms. The highest BCUT2D eigenvalue weighted by atomic mass is 35.5. The fourth-order valence-corrected chi connectivity index (χ4v) is 6.24. The third-order valence-corrected chi connectivity index (χ3v) is 9.20. The molecule has 2 heterocycles. The highest BCUT2D eigenvalue weighted by Crippen LogP contribution is 2.37. The van der Waals surface area contributed by atoms with Gasteiger partial charge < -0.3 is 45.3 Å². The van der Waals surface area contributed by atoms with E-state index in [1.165, 1.54) is 21.1 Å². The molecule has 4 amide bonds. The summed E-state index contributed by atoms with van der Waals surface area (Å²) in [6.45, 7) is 7.61. The number of nitrogens with zero attached hydrogens (tertiary/aromatic N) is 1. The molecule has 2 aromatic carbocycles. The van der Waals surface area contributed by atoms with E-state index < -0.39 is 30.0 Å². The summed E-state index contributed by atoms with van der Waals surface area (Å²) in [5.41, 5.74) is 1.64. The Balaban J connectivity index is 1.80. The van der Waals surface area contributed by atoms with E-state index in [1.54, 1.807) is 31.4 Å². The van der Waals surface area contributed by atoms with Gasteiger partial charge in [-0.15, -0.1) is 0 Å². The molecule has 53 heavy (non-hydrogen) atoms. The van der Waals surface area contributed by atoms with Crippen LogP contribution in [0.1, 0.15) is 64.0 Å². The standard InChI is InChI=1S/C38H56ClN5O9/c1-24(2)20-28-37(48)43-35(25(3)45)38(49)41-16-7-8-18-44(22-27-12-14-30(50-4)36(52-6)34(27)39)19-9-17-40-33(47)23-53-29-13-10-26(21-31(29)51-5)11-15-32(46)42-28/h10,12-14,21,24-25,28,35,45H,7-9,11,15-20,22-23H2,1-6H3,(H,40,47)(H,41,49)(H,42,46)(H,43,48)/t25-,28-,35+/m1/s1. The van der Waals surface area contributed by atoms with Crippen molar-refractivity contribution in [2.75, 3.05) is 54.1 Å². The fraction of sp³-hybridized carbons (Fsp3) is 0.579. The summed E-state index contributed by atoms with van der Waals surface area (Å²) in [5.74, 6) is 0.147. The summed E-state index contributed by atoms with van der Waals surface area (Å²) in [6, 6.07) is 6.80. The molecular formula is C38H56ClN5O9. The molecule has 2 aromatic rings. The van der Waals surface area contributed by atoms with Crippen molar-refractivity contribution in [3.05, 3.63) is 46.5 Å². The number of amides is 4. The minimum atomic E-state index is -1.21. The van der Waals surface area contributed by atoms with Crippen molar-refractivity contribution in [2.24, 2.45) is 5.92 Å². The van der Waals surface area contributed by atoms with Gasteiger partial charge in [-0.3, -0.25) is 24.1 Å². The van der Waals surface area contributed by atoms with E-state index in [9.17, 15) is 24.3 Å². The number of aryl methyl sites for hydroxylation is 1. The number of aliphatic hydroxyl groups excluding tert-OH is 1. The second-order valence-electron chi connectivity index (χ2n) is 13.5. The van der Waals surface area contributed by atoms with Gasteiger partial charge >= 0.3 is 0 Å². The van der Waals surface area contributed by atoms with Crippen molar-refractivity contribution < 1.29 is 43.2 Å². The monoisotopic (exact) mass is 761 g/mol. The Kier molecular flexibility index (Phi) is 18.0. The number of carbonyl (C=O) groups is 4. The third-order valence-electron chi connectivity index (χ3n) is 8.78. The lowest BCUT2D eigenvalue weighted by atomic mass is 10.0. The van der Waals surface area contributed by atoms with Crippen LogP contribution in [0.5, 0.6) is 23.0 Å². The molecule has 294 valence electrons. The van der Waals surface area contributed by atoms with Gasteiger partial charge in [-0.05, 0) is 80.8 Å². The highest BCUT2D eigenvalue weighted by molar-refractivity contribution is 6.33. The van der Waals surface area contributed by atoms with E-state index in [0.29, 0.717) is 92.8 Å². The quantitative estimate of drug-likeness (QED) is 0.252. The second-order valence-corrected chi connectivity index (χ2v) is 13.9. The van der Waals surface area contributed by atoms with Gasteiger partial charge in [0.1, 0.15) is 12.1 Å². The number of fused-ring (bicyclic) bond motifs is 23. The van der Waals surface area contributed by atoms with Crippen molar-refractivity contribution in [2.45, 2.75) is 84.0 Å². The Morgan fingerprint density at radius 3 is 2.25 bits per heavy atom. The summed E-state index contributed by atoms with van der Waals surface area (Å²) in [7, 11) is 4.57. The average Bonchev–Trinajstić information content (AvgIpc) is 3.12. The van der Waals surface area contributed by atoms with E-state index in [2.05, 4.69) is 26.2 Å². The topological polar surface area (TPSA) is 177 Å². The second kappa shape index (κ2) is 22.1. The van der Waals surface area contributed by atoms with Gasteiger partial charge in [0.05, 0.1) is 32.5 Å². The molecule has 4 rings (SSSR count). The average molecular weight is 762 g/mol. The molecule has 3 atom stereocenters. The van der Waals surface area contributed by atoms with Gasteiger partial charge in [-0.25, -0.2) is 0 Å². The molecule has 2 bridgehead atoms. The first-order valence-corrected chi connectivity index (χ1v) is 18.5. The maximum absolute atomic E-state index is 13.4. The molecule has 0 unspecified atom stereocenters. The predicted octanol–water partition coefficient (Wildman–Crippen LogP) is 2.99. The SMILES string of the molecule is COc1cc2ccc1OCC(=O)NCCCN(Cc1ccc(OC)c(OC)c1Cl)CCCCNC(=O)[C@H]([C@@H](C)O)NC(=O)[C@@H](CC(C)C)NC(=O)CC2. The normalized spacial score (nSPS) is 20.0. The first-order chi connectivity index (χ1) is 25.4. The number of benzene rings is 2. The summed E-state index contributed by atoms with van der Waals surface area (Å²) in [5, 5.41) is 22.1. The molecule has 2 aliphatic rings. The minimum Gasteiger partial charge on any atom is -0.493 e. The number of halogens is 1. The Hall–Kier alpha value is -4.27. The molecule has 0 saturated carbocycles. The van der Waals surface area contributed by atoms with Crippen molar-refractivity contribution in [3.8, 4) is 23.0 Å². The van der Waals surface area contributed by atoms with Gasteiger partial charge in [0.15, 0.2) is 29.6 Å². The fourth-order valence-electron chi connectivity index (χ4n) is 5.94. The van der Waals surface area contributed by atoms with Gasteiger partial charge in [-0.2, -0.15) is 0 Å². The number of hydrogen-bond acceptors (Lipinski definition) is 10. The summed E-state index contributed by atoms with van der Waals surface area (Å²) in [4.78, 5) is 54.5. The number of carbonyl (C=O) groups excluding carboxylic acids is 4. The molecule has 0 saturated heterocycles. The maximum atomic E-state index is 13.4. The molecule has 0 radical (unpaired) electrons. The molecule has 14 nitrogen and oxygen atoms in total. The Morgan fingerprint density at radius 1 is 0.849 bits per heavy atom. The Labute approximate surface area is 317 Å². The molecule has 15 heteroatoms. The van der Waals surface area contributed by atoms with Gasteiger partial charge in [0.2, 0.25) is 17.7 Å². The summed E-state index contributed by atoms with van der Waals surface area (Å²) in [6.07, 6.45) is 1.58. The molecule has 0 aromatic heterocycles. The zero-order valence-corrected chi connectivity index (χ0v) is 32.5. The minimum absolute atomic E-state index is 0.0615. The molecule has 0 fully saturated rings. The Morgan fingerprint density at radius 2 is 1.57 bits per heavy atom. The van der Waals surface area contributed by atoms with Crippen molar-refractivity contribution in [1.29, 1.82) is 0 Å². The smallest absolute Gasteiger partial charge is 0.257 e. The van der Waals surface area contributed by atoms with E-state index >= 15 is 0 Å². The van der Waals surface area contributed by atoms with Crippen LogP contribution >= 0.6 is 11.6 Å². The lowest BCUT2D eigenvalue weighted by molar-refractivity contribution is -0.134. The van der Waals surface area contributed by atoms with Gasteiger partial charge in [0, 0.05) is 32.6 Å². The van der Waals surface area contributed by atoms with Crippen molar-refractivity contribution >= 4 is 35.2 Å². The zero-order chi connectivity index (χ0) is 38.9. The number of aliphatic hydroxyl groups is 1. The van der Waals surface area contributed by atoms with Crippen LogP contribution in [0.3, 0.4) is 0 Å². The van der Waals surface area contributed by atoms with Crippen LogP contribution in [0, 0.1) is 5.92 Å². The van der Waals surface area contributed by atoms with Crippen LogP contribution in [0.4, 0.5) is 0 Å². The van der Waals surface area contributed by atoms with Crippen LogP contribution in [0.2, 0.25) is 5.02 Å². The van der Waals surface area contributed by atoms with Crippen LogP contribution in [0.15, 0.2) is 30.3 Å². The van der Waals surface area contributed by atoms with Crippen molar-refractivity contribution in [1.82, 2.24) is 26.2 Å². The number of rotatable bonds is 8. The number of nitrogens with one attached hydrogen (secondary N) is 4. The number of hydrogen-bond donors (Lipinski definition) is 5. The molecule has 0 aliphatic carbocycles. The highest BCUT2D eigenvalue weighted by Gasteiger charge is 2.30. The first-order valence-electron chi connectivity index (χ1n) is 18.1. The van der Waals surface area contributed by atoms with Crippen LogP contribution in [-0.4, -0.2) is 106 Å². The van der Waals surface area contributed by atoms with E-state index in [1.807, 2.05) is 19.9 Å². The maximum Gasteiger partial charge on any atom is 0.257 e. The van der Waals surface area contributed by atoms with Crippen LogP contribution in [-0.2, 0) is 32.1 Å². The Bertz CT molecular complexity index is 1520. The van der Waals surface area contributed by atoms with Crippen molar-refractivity contribution in [3.63, 3.8) is 0 Å².